The van der Waals surface area contributed by atoms with Crippen LogP contribution in [0.15, 0.2) is 27.2 Å². The van der Waals surface area contributed by atoms with Gasteiger partial charge in [-0.05, 0) is 62.5 Å². The van der Waals surface area contributed by atoms with Crippen molar-refractivity contribution in [1.82, 2.24) is 15.5 Å². The minimum atomic E-state index is 0.619. The number of nitrogens with zero attached hydrogens (tertiary/aromatic N) is 2. The molecule has 0 bridgehead atoms. The molecule has 0 aliphatic carbocycles. The van der Waals surface area contributed by atoms with Crippen molar-refractivity contribution in [2.45, 2.75) is 26.2 Å². The Morgan fingerprint density at radius 3 is 3.10 bits per heavy atom. The first-order valence-electron chi connectivity index (χ1n) is 7.02. The van der Waals surface area contributed by atoms with Gasteiger partial charge in [0, 0.05) is 16.5 Å². The molecule has 1 fully saturated rings. The highest BCUT2D eigenvalue weighted by Gasteiger charge is 2.18. The number of halogens is 1. The molecule has 2 heterocycles. The summed E-state index contributed by atoms with van der Waals surface area (Å²) >= 11 is 3.47. The maximum absolute atomic E-state index is 5.42. The maximum atomic E-state index is 5.42. The molecule has 0 spiro atoms. The van der Waals surface area contributed by atoms with Gasteiger partial charge in [-0.3, -0.25) is 0 Å². The summed E-state index contributed by atoms with van der Waals surface area (Å²) < 4.78 is 6.48. The number of hydrogen-bond donors (Lipinski definition) is 1. The van der Waals surface area contributed by atoms with Crippen molar-refractivity contribution in [1.29, 1.82) is 0 Å². The fourth-order valence-corrected chi connectivity index (χ4v) is 3.15. The fraction of sp³-hybridized carbons (Fsp3) is 0.467. The average Bonchev–Trinajstić information content (AvgIpc) is 2.88. The van der Waals surface area contributed by atoms with Crippen molar-refractivity contribution in [3.8, 4) is 11.5 Å². The highest BCUT2D eigenvalue weighted by Crippen LogP contribution is 2.25. The van der Waals surface area contributed by atoms with E-state index in [4.69, 9.17) is 4.52 Å². The van der Waals surface area contributed by atoms with Crippen LogP contribution in [-0.2, 0) is 6.42 Å². The van der Waals surface area contributed by atoms with Crippen LogP contribution in [0.3, 0.4) is 0 Å². The lowest BCUT2D eigenvalue weighted by molar-refractivity contribution is 0.360. The van der Waals surface area contributed by atoms with E-state index < -0.39 is 0 Å². The van der Waals surface area contributed by atoms with Crippen molar-refractivity contribution in [3.05, 3.63) is 34.1 Å². The second-order valence-electron chi connectivity index (χ2n) is 5.39. The van der Waals surface area contributed by atoms with Crippen LogP contribution in [0.4, 0.5) is 0 Å². The predicted octanol–water partition coefficient (Wildman–Crippen LogP) is 3.35. The summed E-state index contributed by atoms with van der Waals surface area (Å²) in [5, 5.41) is 7.54. The minimum absolute atomic E-state index is 0.619. The quantitative estimate of drug-likeness (QED) is 0.934. The van der Waals surface area contributed by atoms with Crippen LogP contribution in [0.1, 0.15) is 24.2 Å². The number of aromatic nitrogens is 2. The van der Waals surface area contributed by atoms with Gasteiger partial charge >= 0.3 is 0 Å². The molecule has 1 aliphatic rings. The standard InChI is InChI=1S/C15H18BrN3O/c1-10-7-12(16)4-5-13(10)15-18-14(19-20-15)8-11-3-2-6-17-9-11/h4-5,7,11,17H,2-3,6,8-9H2,1H3. The molecule has 20 heavy (non-hydrogen) atoms. The first-order chi connectivity index (χ1) is 9.72. The second-order valence-corrected chi connectivity index (χ2v) is 6.31. The van der Waals surface area contributed by atoms with Crippen LogP contribution < -0.4 is 5.32 Å². The summed E-state index contributed by atoms with van der Waals surface area (Å²) in [5.41, 5.74) is 2.14. The summed E-state index contributed by atoms with van der Waals surface area (Å²) in [6, 6.07) is 6.07. The minimum Gasteiger partial charge on any atom is -0.334 e. The van der Waals surface area contributed by atoms with E-state index in [0.29, 0.717) is 11.8 Å². The monoisotopic (exact) mass is 335 g/mol. The van der Waals surface area contributed by atoms with E-state index in [1.54, 1.807) is 0 Å². The van der Waals surface area contributed by atoms with E-state index in [0.717, 1.165) is 40.9 Å². The van der Waals surface area contributed by atoms with Crippen LogP contribution in [0.2, 0.25) is 0 Å². The van der Waals surface area contributed by atoms with Crippen molar-refractivity contribution in [2.75, 3.05) is 13.1 Å². The summed E-state index contributed by atoms with van der Waals surface area (Å²) in [7, 11) is 0. The molecule has 1 aromatic heterocycles. The van der Waals surface area contributed by atoms with Crippen LogP contribution in [0, 0.1) is 12.8 Å². The molecule has 0 saturated carbocycles. The molecule has 0 radical (unpaired) electrons. The van der Waals surface area contributed by atoms with Gasteiger partial charge in [-0.2, -0.15) is 4.98 Å². The Kier molecular flexibility index (Phi) is 4.17. The van der Waals surface area contributed by atoms with Crippen LogP contribution in [0.5, 0.6) is 0 Å². The van der Waals surface area contributed by atoms with E-state index >= 15 is 0 Å². The Balaban J connectivity index is 1.75. The third-order valence-corrected chi connectivity index (χ3v) is 4.25. The predicted molar refractivity (Wildman–Crippen MR) is 81.5 cm³/mol. The molecule has 4 nitrogen and oxygen atoms in total. The highest BCUT2D eigenvalue weighted by atomic mass is 79.9. The van der Waals surface area contributed by atoms with Crippen LogP contribution >= 0.6 is 15.9 Å². The van der Waals surface area contributed by atoms with Gasteiger partial charge in [0.2, 0.25) is 0 Å². The summed E-state index contributed by atoms with van der Waals surface area (Å²) in [6.45, 7) is 4.24. The number of rotatable bonds is 3. The summed E-state index contributed by atoms with van der Waals surface area (Å²) in [5.74, 6) is 2.06. The first-order valence-corrected chi connectivity index (χ1v) is 7.81. The zero-order valence-electron chi connectivity index (χ0n) is 11.5. The number of hydrogen-bond acceptors (Lipinski definition) is 4. The van der Waals surface area contributed by atoms with Gasteiger partial charge in [-0.1, -0.05) is 21.1 Å². The summed E-state index contributed by atoms with van der Waals surface area (Å²) in [4.78, 5) is 4.54. The van der Waals surface area contributed by atoms with Crippen LogP contribution in [-0.4, -0.2) is 23.2 Å². The molecule has 106 valence electrons. The van der Waals surface area contributed by atoms with Gasteiger partial charge in [0.05, 0.1) is 0 Å². The largest absolute Gasteiger partial charge is 0.334 e. The number of aryl methyl sites for hydroxylation is 1. The Hall–Kier alpha value is -1.20. The molecule has 1 atom stereocenters. The van der Waals surface area contributed by atoms with E-state index in [1.807, 2.05) is 12.1 Å². The third kappa shape index (κ3) is 3.10. The zero-order chi connectivity index (χ0) is 13.9. The molecule has 1 N–H and O–H groups in total. The average molecular weight is 336 g/mol. The van der Waals surface area contributed by atoms with Crippen molar-refractivity contribution in [2.24, 2.45) is 5.92 Å². The van der Waals surface area contributed by atoms with Gasteiger partial charge in [-0.15, -0.1) is 0 Å². The number of nitrogens with one attached hydrogen (secondary N) is 1. The van der Waals surface area contributed by atoms with E-state index in [2.05, 4.69) is 44.4 Å². The van der Waals surface area contributed by atoms with Crippen LogP contribution in [0.25, 0.3) is 11.5 Å². The van der Waals surface area contributed by atoms with Gasteiger partial charge in [-0.25, -0.2) is 0 Å². The fourth-order valence-electron chi connectivity index (χ4n) is 2.67. The molecule has 1 aromatic carbocycles. The van der Waals surface area contributed by atoms with Crippen molar-refractivity contribution in [3.63, 3.8) is 0 Å². The first kappa shape index (κ1) is 13.8. The van der Waals surface area contributed by atoms with E-state index in [-0.39, 0.29) is 0 Å². The molecule has 5 heteroatoms. The SMILES string of the molecule is Cc1cc(Br)ccc1-c1nc(CC2CCCNC2)no1. The van der Waals surface area contributed by atoms with Crippen molar-refractivity contribution < 1.29 is 4.52 Å². The Labute approximate surface area is 127 Å². The molecule has 1 aliphatic heterocycles. The lowest BCUT2D eigenvalue weighted by Crippen LogP contribution is -2.31. The van der Waals surface area contributed by atoms with Gasteiger partial charge in [0.1, 0.15) is 0 Å². The molecular weight excluding hydrogens is 318 g/mol. The van der Waals surface area contributed by atoms with Gasteiger partial charge in [0.15, 0.2) is 5.82 Å². The second kappa shape index (κ2) is 6.06. The Morgan fingerprint density at radius 2 is 2.35 bits per heavy atom. The number of benzene rings is 1. The lowest BCUT2D eigenvalue weighted by atomic mass is 9.96. The number of piperidine rings is 1. The molecule has 3 rings (SSSR count). The highest BCUT2D eigenvalue weighted by molar-refractivity contribution is 9.10. The molecule has 2 aromatic rings. The van der Waals surface area contributed by atoms with Gasteiger partial charge < -0.3 is 9.84 Å². The van der Waals surface area contributed by atoms with E-state index in [1.165, 1.54) is 12.8 Å². The maximum Gasteiger partial charge on any atom is 0.258 e. The smallest absolute Gasteiger partial charge is 0.258 e. The van der Waals surface area contributed by atoms with Crippen molar-refractivity contribution >= 4 is 15.9 Å². The lowest BCUT2D eigenvalue weighted by Gasteiger charge is -2.20. The topological polar surface area (TPSA) is 51.0 Å². The molecule has 1 saturated heterocycles. The molecule has 1 unspecified atom stereocenters. The van der Waals surface area contributed by atoms with E-state index in [9.17, 15) is 0 Å². The Bertz CT molecular complexity index is 591. The Morgan fingerprint density at radius 1 is 1.45 bits per heavy atom. The van der Waals surface area contributed by atoms with Gasteiger partial charge in [0.25, 0.3) is 5.89 Å². The third-order valence-electron chi connectivity index (χ3n) is 3.76. The molecular formula is C15H18BrN3O. The normalized spacial score (nSPS) is 19.2. The molecule has 0 amide bonds. The zero-order valence-corrected chi connectivity index (χ0v) is 13.1. The summed E-state index contributed by atoms with van der Waals surface area (Å²) in [6.07, 6.45) is 3.38.